The van der Waals surface area contributed by atoms with Crippen molar-refractivity contribution in [3.63, 3.8) is 0 Å². The fourth-order valence-electron chi connectivity index (χ4n) is 3.63. The Balaban J connectivity index is 1.42. The van der Waals surface area contributed by atoms with Crippen molar-refractivity contribution in [3.8, 4) is 0 Å². The van der Waals surface area contributed by atoms with Gasteiger partial charge in [0.15, 0.2) is 0 Å². The van der Waals surface area contributed by atoms with Gasteiger partial charge < -0.3 is 10.1 Å². The summed E-state index contributed by atoms with van der Waals surface area (Å²) in [7, 11) is 0. The zero-order chi connectivity index (χ0) is 22.2. The highest BCUT2D eigenvalue weighted by molar-refractivity contribution is 5.90. The Bertz CT molecular complexity index is 1190. The lowest BCUT2D eigenvalue weighted by Crippen LogP contribution is -2.32. The standard InChI is InChI=1S/C27H24N2O3/c30-26(16-21-11-12-24-17-28-14-13-23(24)15-21)25(22-9-5-2-6-10-22)18-29-27(31)32-19-20-7-3-1-4-8-20/h1-15,17,25H,16,18-19H2,(H,29,31). The molecule has 4 rings (SSSR count). The van der Waals surface area contributed by atoms with Crippen molar-refractivity contribution >= 4 is 22.6 Å². The van der Waals surface area contributed by atoms with E-state index in [2.05, 4.69) is 10.3 Å². The summed E-state index contributed by atoms with van der Waals surface area (Å²) in [6.45, 7) is 0.358. The minimum absolute atomic E-state index is 0.0352. The summed E-state index contributed by atoms with van der Waals surface area (Å²) in [5.41, 5.74) is 2.71. The normalized spacial score (nSPS) is 11.6. The van der Waals surface area contributed by atoms with E-state index in [1.54, 1.807) is 12.4 Å². The van der Waals surface area contributed by atoms with Crippen LogP contribution in [0.5, 0.6) is 0 Å². The number of hydrogen-bond donors (Lipinski definition) is 1. The van der Waals surface area contributed by atoms with E-state index in [0.29, 0.717) is 0 Å². The Labute approximate surface area is 187 Å². The lowest BCUT2D eigenvalue weighted by atomic mass is 9.90. The molecule has 1 amide bonds. The molecular weight excluding hydrogens is 400 g/mol. The van der Waals surface area contributed by atoms with Crippen molar-refractivity contribution in [2.75, 3.05) is 6.54 Å². The van der Waals surface area contributed by atoms with Crippen LogP contribution in [-0.2, 0) is 22.6 Å². The largest absolute Gasteiger partial charge is 0.445 e. The van der Waals surface area contributed by atoms with Gasteiger partial charge in [0.05, 0.1) is 5.92 Å². The number of carbonyl (C=O) groups excluding carboxylic acids is 2. The molecule has 32 heavy (non-hydrogen) atoms. The van der Waals surface area contributed by atoms with E-state index >= 15 is 0 Å². The molecule has 0 spiro atoms. The van der Waals surface area contributed by atoms with Crippen LogP contribution >= 0.6 is 0 Å². The van der Waals surface area contributed by atoms with Gasteiger partial charge in [-0.15, -0.1) is 0 Å². The molecule has 0 radical (unpaired) electrons. The summed E-state index contributed by atoms with van der Waals surface area (Å²) in [5, 5.41) is 4.84. The van der Waals surface area contributed by atoms with Gasteiger partial charge in [-0.2, -0.15) is 0 Å². The van der Waals surface area contributed by atoms with E-state index in [0.717, 1.165) is 27.5 Å². The maximum Gasteiger partial charge on any atom is 0.407 e. The molecule has 5 heteroatoms. The van der Waals surface area contributed by atoms with Gasteiger partial charge >= 0.3 is 6.09 Å². The first-order chi connectivity index (χ1) is 15.7. The molecule has 1 heterocycles. The summed E-state index contributed by atoms with van der Waals surface area (Å²) >= 11 is 0. The SMILES string of the molecule is O=C(NCC(C(=O)Cc1ccc2cnccc2c1)c1ccccc1)OCc1ccccc1. The van der Waals surface area contributed by atoms with Gasteiger partial charge in [0.1, 0.15) is 12.4 Å². The molecular formula is C27H24N2O3. The van der Waals surface area contributed by atoms with Crippen molar-refractivity contribution in [2.45, 2.75) is 18.9 Å². The quantitative estimate of drug-likeness (QED) is 0.429. The van der Waals surface area contributed by atoms with Gasteiger partial charge in [-0.05, 0) is 28.1 Å². The number of carbonyl (C=O) groups is 2. The van der Waals surface area contributed by atoms with Gasteiger partial charge in [0.25, 0.3) is 0 Å². The van der Waals surface area contributed by atoms with Crippen molar-refractivity contribution in [3.05, 3.63) is 114 Å². The van der Waals surface area contributed by atoms with Gasteiger partial charge in [-0.25, -0.2) is 4.79 Å². The van der Waals surface area contributed by atoms with Crippen LogP contribution in [0.2, 0.25) is 0 Å². The number of hydrogen-bond acceptors (Lipinski definition) is 4. The minimum Gasteiger partial charge on any atom is -0.445 e. The van der Waals surface area contributed by atoms with Crippen LogP contribution in [0.1, 0.15) is 22.6 Å². The van der Waals surface area contributed by atoms with Crippen LogP contribution in [0.25, 0.3) is 10.8 Å². The number of Topliss-reactive ketones (excluding diaryl/α,β-unsaturated/α-hetero) is 1. The molecule has 160 valence electrons. The molecule has 0 saturated carbocycles. The Morgan fingerprint density at radius 1 is 0.844 bits per heavy atom. The summed E-state index contributed by atoms with van der Waals surface area (Å²) < 4.78 is 5.29. The number of ketones is 1. The molecule has 5 nitrogen and oxygen atoms in total. The van der Waals surface area contributed by atoms with Crippen LogP contribution in [-0.4, -0.2) is 23.4 Å². The molecule has 4 aromatic rings. The van der Waals surface area contributed by atoms with Crippen molar-refractivity contribution in [1.29, 1.82) is 0 Å². The average Bonchev–Trinajstić information content (AvgIpc) is 2.84. The molecule has 0 aliphatic rings. The Morgan fingerprint density at radius 2 is 1.59 bits per heavy atom. The maximum absolute atomic E-state index is 13.2. The Hall–Kier alpha value is -3.99. The van der Waals surface area contributed by atoms with Gasteiger partial charge in [0.2, 0.25) is 0 Å². The fourth-order valence-corrected chi connectivity index (χ4v) is 3.63. The highest BCUT2D eigenvalue weighted by Crippen LogP contribution is 2.21. The van der Waals surface area contributed by atoms with Crippen LogP contribution < -0.4 is 5.32 Å². The number of pyridine rings is 1. The first-order valence-corrected chi connectivity index (χ1v) is 10.5. The van der Waals surface area contributed by atoms with Crippen LogP contribution in [0, 0.1) is 0 Å². The van der Waals surface area contributed by atoms with E-state index in [1.807, 2.05) is 84.9 Å². The van der Waals surface area contributed by atoms with Crippen molar-refractivity contribution < 1.29 is 14.3 Å². The summed E-state index contributed by atoms with van der Waals surface area (Å²) in [4.78, 5) is 29.6. The molecule has 1 atom stereocenters. The molecule has 3 aromatic carbocycles. The molecule has 0 aliphatic carbocycles. The number of benzene rings is 3. The molecule has 0 fully saturated rings. The first kappa shape index (κ1) is 21.2. The lowest BCUT2D eigenvalue weighted by molar-refractivity contribution is -0.119. The van der Waals surface area contributed by atoms with Crippen LogP contribution in [0.15, 0.2) is 97.3 Å². The Morgan fingerprint density at radius 3 is 2.38 bits per heavy atom. The number of aromatic nitrogens is 1. The van der Waals surface area contributed by atoms with E-state index in [1.165, 1.54) is 0 Å². The zero-order valence-corrected chi connectivity index (χ0v) is 17.6. The van der Waals surface area contributed by atoms with E-state index in [4.69, 9.17) is 4.74 Å². The third-order valence-electron chi connectivity index (χ3n) is 5.34. The van der Waals surface area contributed by atoms with E-state index < -0.39 is 12.0 Å². The van der Waals surface area contributed by atoms with E-state index in [-0.39, 0.29) is 25.4 Å². The molecule has 0 bridgehead atoms. The van der Waals surface area contributed by atoms with Crippen LogP contribution in [0.4, 0.5) is 4.79 Å². The number of nitrogens with zero attached hydrogens (tertiary/aromatic N) is 1. The number of ether oxygens (including phenoxy) is 1. The smallest absolute Gasteiger partial charge is 0.407 e. The summed E-state index contributed by atoms with van der Waals surface area (Å²) in [6.07, 6.45) is 3.28. The second-order valence-electron chi connectivity index (χ2n) is 7.61. The highest BCUT2D eigenvalue weighted by Gasteiger charge is 2.22. The third-order valence-corrected chi connectivity index (χ3v) is 5.34. The predicted molar refractivity (Wildman–Crippen MR) is 124 cm³/mol. The molecule has 1 aromatic heterocycles. The molecule has 0 saturated heterocycles. The second kappa shape index (κ2) is 10.4. The fraction of sp³-hybridized carbons (Fsp3) is 0.148. The highest BCUT2D eigenvalue weighted by atomic mass is 16.5. The van der Waals surface area contributed by atoms with Gasteiger partial charge in [0, 0.05) is 30.7 Å². The first-order valence-electron chi connectivity index (χ1n) is 10.5. The minimum atomic E-state index is -0.541. The summed E-state index contributed by atoms with van der Waals surface area (Å²) in [5.74, 6) is -0.429. The van der Waals surface area contributed by atoms with Gasteiger partial charge in [-0.1, -0.05) is 78.9 Å². The van der Waals surface area contributed by atoms with E-state index in [9.17, 15) is 9.59 Å². The predicted octanol–water partition coefficient (Wildman–Crippen LogP) is 5.06. The monoisotopic (exact) mass is 424 g/mol. The summed E-state index contributed by atoms with van der Waals surface area (Å²) in [6, 6.07) is 26.9. The Kier molecular flexibility index (Phi) is 6.88. The zero-order valence-electron chi connectivity index (χ0n) is 17.6. The number of alkyl carbamates (subject to hydrolysis) is 1. The number of fused-ring (bicyclic) bond motifs is 1. The topological polar surface area (TPSA) is 68.3 Å². The number of nitrogens with one attached hydrogen (secondary N) is 1. The van der Waals surface area contributed by atoms with Crippen LogP contribution in [0.3, 0.4) is 0 Å². The van der Waals surface area contributed by atoms with Crippen molar-refractivity contribution in [1.82, 2.24) is 10.3 Å². The molecule has 1 N–H and O–H groups in total. The van der Waals surface area contributed by atoms with Gasteiger partial charge in [-0.3, -0.25) is 9.78 Å². The number of rotatable bonds is 8. The number of amides is 1. The maximum atomic E-state index is 13.2. The average molecular weight is 425 g/mol. The van der Waals surface area contributed by atoms with Crippen molar-refractivity contribution in [2.24, 2.45) is 0 Å². The molecule has 1 unspecified atom stereocenters. The molecule has 0 aliphatic heterocycles. The lowest BCUT2D eigenvalue weighted by Gasteiger charge is -2.17. The second-order valence-corrected chi connectivity index (χ2v) is 7.61. The third kappa shape index (κ3) is 5.58.